The van der Waals surface area contributed by atoms with E-state index in [1.165, 1.54) is 18.3 Å². The molecule has 4 aromatic rings. The van der Waals surface area contributed by atoms with Crippen molar-refractivity contribution in [1.82, 2.24) is 30.3 Å². The van der Waals surface area contributed by atoms with Crippen molar-refractivity contribution in [3.63, 3.8) is 0 Å². The second-order valence-electron chi connectivity index (χ2n) is 11.3. The zero-order chi connectivity index (χ0) is 31.5. The first-order valence-corrected chi connectivity index (χ1v) is 14.7. The van der Waals surface area contributed by atoms with Gasteiger partial charge >= 0.3 is 0 Å². The largest absolute Gasteiger partial charge is 0.488 e. The zero-order valence-corrected chi connectivity index (χ0v) is 25.0. The number of likely N-dealkylation sites (tertiary alicyclic amines) is 1. The number of aryl methyl sites for hydroxylation is 2. The Bertz CT molecular complexity index is 1760. The van der Waals surface area contributed by atoms with E-state index >= 15 is 0 Å². The van der Waals surface area contributed by atoms with Gasteiger partial charge in [0.05, 0.1) is 17.3 Å². The van der Waals surface area contributed by atoms with Gasteiger partial charge in [0.25, 0.3) is 11.8 Å². The lowest BCUT2D eigenvalue weighted by atomic mass is 10.0. The number of amides is 3. The number of halogens is 1. The summed E-state index contributed by atoms with van der Waals surface area (Å²) in [4.78, 5) is 45.5. The monoisotopic (exact) mass is 612 g/mol. The van der Waals surface area contributed by atoms with Crippen LogP contribution >= 0.6 is 0 Å². The first-order valence-electron chi connectivity index (χ1n) is 14.7. The van der Waals surface area contributed by atoms with Gasteiger partial charge in [-0.1, -0.05) is 12.1 Å². The van der Waals surface area contributed by atoms with Crippen LogP contribution < -0.4 is 20.1 Å². The maximum absolute atomic E-state index is 14.7. The smallest absolute Gasteiger partial charge is 0.258 e. The number of aromatic nitrogens is 3. The Hall–Kier alpha value is -5.26. The first-order chi connectivity index (χ1) is 21.7. The molecule has 12 heteroatoms. The van der Waals surface area contributed by atoms with Gasteiger partial charge in [-0.2, -0.15) is 5.10 Å². The number of nitrogens with zero attached hydrogens (tertiary/aromatic N) is 4. The van der Waals surface area contributed by atoms with Crippen molar-refractivity contribution >= 4 is 17.7 Å². The van der Waals surface area contributed by atoms with Crippen molar-refractivity contribution in [2.45, 2.75) is 45.5 Å². The minimum Gasteiger partial charge on any atom is -0.488 e. The van der Waals surface area contributed by atoms with Crippen molar-refractivity contribution in [3.8, 4) is 22.6 Å². The molecular formula is C33H33FN6O5. The van der Waals surface area contributed by atoms with Crippen molar-refractivity contribution in [3.05, 3.63) is 95.3 Å². The molecule has 0 saturated carbocycles. The lowest BCUT2D eigenvalue weighted by Crippen LogP contribution is -2.58. The summed E-state index contributed by atoms with van der Waals surface area (Å²) in [6, 6.07) is 14.4. The molecule has 2 aromatic carbocycles. The van der Waals surface area contributed by atoms with Crippen LogP contribution in [0, 0.1) is 19.7 Å². The molecule has 45 heavy (non-hydrogen) atoms. The topological polar surface area (TPSA) is 128 Å². The van der Waals surface area contributed by atoms with Crippen molar-refractivity contribution in [2.24, 2.45) is 0 Å². The number of hydrogen-bond acceptors (Lipinski definition) is 7. The van der Waals surface area contributed by atoms with E-state index in [0.29, 0.717) is 35.4 Å². The number of carbonyl (C=O) groups is 3. The molecule has 2 aliphatic heterocycles. The standard InChI is InChI=1S/C33H33FN6O5/c1-20-8-21(2)40(38-20)18-32(42)39-7-6-30-29(17-39)37-33(43)25-11-24(15-35-16-25)23-4-3-5-27(12-23)44-19-31(41)36-14-22-9-26(34)13-28(10-22)45-30/h3-5,8-13,15-16,29-30H,6-7,14,17-19H2,1-2H3,(H,36,41)(H,37,43)/t29-,30+/m1/s1. The van der Waals surface area contributed by atoms with Crippen molar-refractivity contribution in [1.29, 1.82) is 0 Å². The predicted octanol–water partition coefficient (Wildman–Crippen LogP) is 3.19. The maximum Gasteiger partial charge on any atom is 0.258 e. The van der Waals surface area contributed by atoms with E-state index in [0.717, 1.165) is 17.0 Å². The molecule has 1 saturated heterocycles. The summed E-state index contributed by atoms with van der Waals surface area (Å²) in [6.07, 6.45) is 2.92. The van der Waals surface area contributed by atoms with Crippen molar-refractivity contribution in [2.75, 3.05) is 19.7 Å². The molecule has 2 N–H and O–H groups in total. The number of nitrogens with one attached hydrogen (secondary N) is 2. The normalized spacial score (nSPS) is 18.6. The van der Waals surface area contributed by atoms with Crippen LogP contribution in [0.25, 0.3) is 11.1 Å². The lowest BCUT2D eigenvalue weighted by Gasteiger charge is -2.39. The van der Waals surface area contributed by atoms with Crippen LogP contribution in [0.1, 0.15) is 33.7 Å². The lowest BCUT2D eigenvalue weighted by molar-refractivity contribution is -0.134. The van der Waals surface area contributed by atoms with Gasteiger partial charge < -0.3 is 25.0 Å². The van der Waals surface area contributed by atoms with Crippen LogP contribution in [0.5, 0.6) is 11.5 Å². The summed E-state index contributed by atoms with van der Waals surface area (Å²) in [5.74, 6) is -0.723. The minimum absolute atomic E-state index is 0.0628. The van der Waals surface area contributed by atoms with E-state index in [4.69, 9.17) is 9.47 Å². The molecule has 2 atom stereocenters. The van der Waals surface area contributed by atoms with E-state index in [2.05, 4.69) is 20.7 Å². The van der Waals surface area contributed by atoms with E-state index in [1.807, 2.05) is 26.0 Å². The molecule has 2 aliphatic rings. The van der Waals surface area contributed by atoms with Crippen LogP contribution in [-0.4, -0.2) is 69.2 Å². The number of benzene rings is 2. The third kappa shape index (κ3) is 7.11. The number of pyridine rings is 1. The fraction of sp³-hybridized carbons (Fsp3) is 0.303. The van der Waals surface area contributed by atoms with Crippen LogP contribution in [0.15, 0.2) is 67.0 Å². The molecule has 4 heterocycles. The molecule has 0 aliphatic carbocycles. The average Bonchev–Trinajstić information content (AvgIpc) is 3.34. The third-order valence-electron chi connectivity index (χ3n) is 7.85. The Kier molecular flexibility index (Phi) is 8.45. The van der Waals surface area contributed by atoms with Gasteiger partial charge in [-0.3, -0.25) is 24.0 Å². The molecule has 0 unspecified atom stereocenters. The zero-order valence-electron chi connectivity index (χ0n) is 25.0. The molecule has 11 nitrogen and oxygen atoms in total. The average molecular weight is 613 g/mol. The molecular weight excluding hydrogens is 579 g/mol. The highest BCUT2D eigenvalue weighted by Crippen LogP contribution is 2.26. The molecule has 3 amide bonds. The molecule has 0 radical (unpaired) electrons. The Balaban J connectivity index is 1.31. The number of piperidine rings is 1. The van der Waals surface area contributed by atoms with Gasteiger partial charge in [-0.05, 0) is 61.4 Å². The fourth-order valence-corrected chi connectivity index (χ4v) is 5.61. The van der Waals surface area contributed by atoms with E-state index in [9.17, 15) is 18.8 Å². The number of carbonyl (C=O) groups excluding carboxylic acids is 3. The number of rotatable bonds is 2. The second-order valence-corrected chi connectivity index (χ2v) is 11.3. The molecule has 1 fully saturated rings. The quantitative estimate of drug-likeness (QED) is 0.356. The SMILES string of the molecule is Cc1cc(C)n(CC(=O)N2CC[C@@H]3Oc4cc(F)cc(c4)CNC(=O)COc4cccc(c4)-c4cncc(c4)C(=O)N[C@@H]3C2)n1. The molecule has 2 aromatic heterocycles. The van der Waals surface area contributed by atoms with Crippen LogP contribution in [0.3, 0.4) is 0 Å². The number of fused-ring (bicyclic) bond motifs is 8. The molecule has 6 rings (SSSR count). The fourth-order valence-electron chi connectivity index (χ4n) is 5.61. The highest BCUT2D eigenvalue weighted by atomic mass is 19.1. The number of hydrogen-bond donors (Lipinski definition) is 2. The summed E-state index contributed by atoms with van der Waals surface area (Å²) in [5.41, 5.74) is 3.94. The van der Waals surface area contributed by atoms with Gasteiger partial charge in [0, 0.05) is 55.8 Å². The molecule has 0 spiro atoms. The second kappa shape index (κ2) is 12.8. The third-order valence-corrected chi connectivity index (χ3v) is 7.85. The number of ether oxygens (including phenoxy) is 2. The predicted molar refractivity (Wildman–Crippen MR) is 162 cm³/mol. The van der Waals surface area contributed by atoms with Crippen LogP contribution in [0.2, 0.25) is 0 Å². The highest BCUT2D eigenvalue weighted by Gasteiger charge is 2.35. The minimum atomic E-state index is -0.621. The van der Waals surface area contributed by atoms with Crippen LogP contribution in [0.4, 0.5) is 4.39 Å². The summed E-state index contributed by atoms with van der Waals surface area (Å²) in [5, 5.41) is 10.2. The maximum atomic E-state index is 14.7. The van der Waals surface area contributed by atoms with Crippen LogP contribution in [-0.2, 0) is 22.7 Å². The van der Waals surface area contributed by atoms with Gasteiger partial charge in [-0.25, -0.2) is 4.39 Å². The van der Waals surface area contributed by atoms with Crippen molar-refractivity contribution < 1.29 is 28.2 Å². The summed E-state index contributed by atoms with van der Waals surface area (Å²) < 4.78 is 28.3. The molecule has 232 valence electrons. The van der Waals surface area contributed by atoms with Gasteiger partial charge in [0.2, 0.25) is 5.91 Å². The molecule has 6 bridgehead atoms. The Morgan fingerprint density at radius 3 is 2.69 bits per heavy atom. The van der Waals surface area contributed by atoms with E-state index < -0.39 is 23.9 Å². The van der Waals surface area contributed by atoms with Gasteiger partial charge in [0.1, 0.15) is 30.0 Å². The van der Waals surface area contributed by atoms with E-state index in [1.54, 1.807) is 46.1 Å². The Labute approximate surface area is 259 Å². The summed E-state index contributed by atoms with van der Waals surface area (Å²) in [6.45, 7) is 4.22. The summed E-state index contributed by atoms with van der Waals surface area (Å²) >= 11 is 0. The highest BCUT2D eigenvalue weighted by molar-refractivity contribution is 5.95. The van der Waals surface area contributed by atoms with E-state index in [-0.39, 0.29) is 43.8 Å². The first kappa shape index (κ1) is 29.8. The Morgan fingerprint density at radius 1 is 1.02 bits per heavy atom. The summed E-state index contributed by atoms with van der Waals surface area (Å²) in [7, 11) is 0. The van der Waals surface area contributed by atoms with Gasteiger partial charge in [0.15, 0.2) is 6.61 Å². The van der Waals surface area contributed by atoms with Gasteiger partial charge in [-0.15, -0.1) is 0 Å². The Morgan fingerprint density at radius 2 is 1.87 bits per heavy atom.